The van der Waals surface area contributed by atoms with Gasteiger partial charge in [0.05, 0.1) is 0 Å². The van der Waals surface area contributed by atoms with Gasteiger partial charge in [-0.25, -0.2) is 0 Å². The smallest absolute Gasteiger partial charge is 0.224 e. The Kier molecular flexibility index (Phi) is 11.0. The molecule has 0 aliphatic heterocycles. The van der Waals surface area contributed by atoms with Gasteiger partial charge in [-0.05, 0) is 30.7 Å². The van der Waals surface area contributed by atoms with Crippen LogP contribution in [0.3, 0.4) is 0 Å². The van der Waals surface area contributed by atoms with E-state index in [1.807, 2.05) is 24.3 Å². The second kappa shape index (κ2) is 12.8. The van der Waals surface area contributed by atoms with Crippen molar-refractivity contribution >= 4 is 19.7 Å². The molecule has 144 valence electrons. The molecular formula is C23H37NOSi. The van der Waals surface area contributed by atoms with Crippen LogP contribution in [0.25, 0.3) is 0 Å². The number of hydrogen-bond donors (Lipinski definition) is 1. The molecule has 0 spiro atoms. The first-order valence-corrected chi connectivity index (χ1v) is 13.8. The first kappa shape index (κ1) is 22.5. The van der Waals surface area contributed by atoms with E-state index in [2.05, 4.69) is 43.3 Å². The summed E-state index contributed by atoms with van der Waals surface area (Å²) in [5.74, 6) is 3.35. The van der Waals surface area contributed by atoms with Gasteiger partial charge in [0, 0.05) is 17.7 Å². The summed E-state index contributed by atoms with van der Waals surface area (Å²) >= 11 is 0. The largest absolute Gasteiger partial charge is 0.326 e. The highest BCUT2D eigenvalue weighted by molar-refractivity contribution is 6.83. The van der Waals surface area contributed by atoms with Crippen molar-refractivity contribution in [1.82, 2.24) is 0 Å². The van der Waals surface area contributed by atoms with Crippen molar-refractivity contribution in [3.05, 3.63) is 29.8 Å². The Balaban J connectivity index is 2.18. The van der Waals surface area contributed by atoms with Crippen molar-refractivity contribution in [2.24, 2.45) is 0 Å². The van der Waals surface area contributed by atoms with Gasteiger partial charge in [0.25, 0.3) is 0 Å². The molecule has 1 amide bonds. The minimum atomic E-state index is -1.34. The second-order valence-corrected chi connectivity index (χ2v) is 13.0. The number of carbonyl (C=O) groups excluding carboxylic acids is 1. The van der Waals surface area contributed by atoms with Gasteiger partial charge in [-0.2, -0.15) is 0 Å². The van der Waals surface area contributed by atoms with Gasteiger partial charge in [0.2, 0.25) is 5.91 Å². The molecular weight excluding hydrogens is 334 g/mol. The standard InChI is InChI=1S/C23H37NOSi/c1-5-6-7-8-9-10-11-12-13-14-23(25)24-22-17-15-21(16-18-22)19-20-26(2,3)4/h15-18H,5-14H2,1-4H3,(H,24,25). The lowest BCUT2D eigenvalue weighted by Crippen LogP contribution is -2.16. The van der Waals surface area contributed by atoms with Crippen molar-refractivity contribution in [2.45, 2.75) is 90.8 Å². The Morgan fingerprint density at radius 2 is 1.42 bits per heavy atom. The van der Waals surface area contributed by atoms with E-state index in [9.17, 15) is 4.79 Å². The zero-order chi connectivity index (χ0) is 19.3. The van der Waals surface area contributed by atoms with Gasteiger partial charge >= 0.3 is 0 Å². The average Bonchev–Trinajstić information content (AvgIpc) is 2.59. The van der Waals surface area contributed by atoms with E-state index in [4.69, 9.17) is 0 Å². The fourth-order valence-corrected chi connectivity index (χ4v) is 3.24. The third kappa shape index (κ3) is 11.9. The molecule has 1 N–H and O–H groups in total. The third-order valence-electron chi connectivity index (χ3n) is 4.26. The Labute approximate surface area is 162 Å². The van der Waals surface area contributed by atoms with Gasteiger partial charge in [-0.3, -0.25) is 4.79 Å². The fourth-order valence-electron chi connectivity index (χ4n) is 2.72. The lowest BCUT2D eigenvalue weighted by Gasteiger charge is -2.06. The quantitative estimate of drug-likeness (QED) is 0.259. The van der Waals surface area contributed by atoms with Crippen LogP contribution in [-0.2, 0) is 4.79 Å². The summed E-state index contributed by atoms with van der Waals surface area (Å²) in [7, 11) is -1.34. The van der Waals surface area contributed by atoms with Crippen LogP contribution >= 0.6 is 0 Å². The molecule has 0 atom stereocenters. The van der Waals surface area contributed by atoms with Crippen LogP contribution in [0.4, 0.5) is 5.69 Å². The van der Waals surface area contributed by atoms with Crippen LogP contribution in [0.1, 0.15) is 76.7 Å². The number of nitrogens with one attached hydrogen (secondary N) is 1. The number of carbonyl (C=O) groups is 1. The number of unbranched alkanes of at least 4 members (excludes halogenated alkanes) is 8. The third-order valence-corrected chi connectivity index (χ3v) is 5.13. The molecule has 0 bridgehead atoms. The molecule has 0 aliphatic rings. The summed E-state index contributed by atoms with van der Waals surface area (Å²) in [5.41, 5.74) is 5.24. The summed E-state index contributed by atoms with van der Waals surface area (Å²) in [6.07, 6.45) is 12.1. The van der Waals surface area contributed by atoms with E-state index in [1.54, 1.807) is 0 Å². The molecule has 26 heavy (non-hydrogen) atoms. The van der Waals surface area contributed by atoms with Gasteiger partial charge in [-0.15, -0.1) is 5.54 Å². The lowest BCUT2D eigenvalue weighted by molar-refractivity contribution is -0.116. The molecule has 0 saturated heterocycles. The van der Waals surface area contributed by atoms with E-state index in [1.165, 1.54) is 44.9 Å². The number of amides is 1. The molecule has 0 heterocycles. The minimum absolute atomic E-state index is 0.119. The SMILES string of the molecule is CCCCCCCCCCCC(=O)Nc1ccc(C#C[Si](C)(C)C)cc1. The van der Waals surface area contributed by atoms with Crippen molar-refractivity contribution < 1.29 is 4.79 Å². The van der Waals surface area contributed by atoms with E-state index >= 15 is 0 Å². The first-order valence-electron chi connectivity index (χ1n) is 10.3. The van der Waals surface area contributed by atoms with Gasteiger partial charge in [0.1, 0.15) is 8.07 Å². The summed E-state index contributed by atoms with van der Waals surface area (Å²) in [6, 6.07) is 7.87. The fraction of sp³-hybridized carbons (Fsp3) is 0.609. The highest BCUT2D eigenvalue weighted by Crippen LogP contribution is 2.13. The molecule has 0 radical (unpaired) electrons. The second-order valence-electron chi connectivity index (χ2n) is 8.20. The number of hydrogen-bond acceptors (Lipinski definition) is 1. The van der Waals surface area contributed by atoms with Crippen molar-refractivity contribution in [3.63, 3.8) is 0 Å². The highest BCUT2D eigenvalue weighted by atomic mass is 28.3. The van der Waals surface area contributed by atoms with E-state index < -0.39 is 8.07 Å². The molecule has 0 aliphatic carbocycles. The zero-order valence-corrected chi connectivity index (χ0v) is 18.3. The first-order chi connectivity index (χ1) is 12.4. The maximum absolute atomic E-state index is 12.0. The highest BCUT2D eigenvalue weighted by Gasteiger charge is 2.07. The molecule has 1 aromatic carbocycles. The molecule has 3 heteroatoms. The molecule has 1 rings (SSSR count). The summed E-state index contributed by atoms with van der Waals surface area (Å²) in [6.45, 7) is 8.96. The number of rotatable bonds is 11. The molecule has 0 saturated carbocycles. The van der Waals surface area contributed by atoms with Gasteiger partial charge in [-0.1, -0.05) is 83.9 Å². The summed E-state index contributed by atoms with van der Waals surface area (Å²) < 4.78 is 0. The number of benzene rings is 1. The van der Waals surface area contributed by atoms with Crippen LogP contribution in [0.15, 0.2) is 24.3 Å². The Hall–Kier alpha value is -1.53. The molecule has 1 aromatic rings. The maximum atomic E-state index is 12.0. The van der Waals surface area contributed by atoms with Crippen LogP contribution in [0.2, 0.25) is 19.6 Å². The van der Waals surface area contributed by atoms with Crippen LogP contribution in [-0.4, -0.2) is 14.0 Å². The monoisotopic (exact) mass is 371 g/mol. The van der Waals surface area contributed by atoms with Crippen molar-refractivity contribution in [2.75, 3.05) is 5.32 Å². The van der Waals surface area contributed by atoms with E-state index in [0.717, 1.165) is 24.1 Å². The molecule has 0 aromatic heterocycles. The Bertz CT molecular complexity index is 575. The van der Waals surface area contributed by atoms with Crippen molar-refractivity contribution in [3.8, 4) is 11.5 Å². The maximum Gasteiger partial charge on any atom is 0.224 e. The van der Waals surface area contributed by atoms with Crippen molar-refractivity contribution in [1.29, 1.82) is 0 Å². The predicted molar refractivity (Wildman–Crippen MR) is 117 cm³/mol. The molecule has 2 nitrogen and oxygen atoms in total. The van der Waals surface area contributed by atoms with Crippen LogP contribution < -0.4 is 5.32 Å². The number of anilines is 1. The van der Waals surface area contributed by atoms with Gasteiger partial charge < -0.3 is 5.32 Å². The average molecular weight is 372 g/mol. The van der Waals surface area contributed by atoms with Crippen LogP contribution in [0, 0.1) is 11.5 Å². The van der Waals surface area contributed by atoms with E-state index in [0.29, 0.717) is 6.42 Å². The Morgan fingerprint density at radius 3 is 1.96 bits per heavy atom. The van der Waals surface area contributed by atoms with Gasteiger partial charge in [0.15, 0.2) is 0 Å². The predicted octanol–water partition coefficient (Wildman–Crippen LogP) is 6.77. The molecule has 0 unspecified atom stereocenters. The zero-order valence-electron chi connectivity index (χ0n) is 17.3. The lowest BCUT2D eigenvalue weighted by atomic mass is 10.1. The van der Waals surface area contributed by atoms with Crippen LogP contribution in [0.5, 0.6) is 0 Å². The minimum Gasteiger partial charge on any atom is -0.326 e. The Morgan fingerprint density at radius 1 is 0.885 bits per heavy atom. The summed E-state index contributed by atoms with van der Waals surface area (Å²) in [4.78, 5) is 12.0. The van der Waals surface area contributed by atoms with E-state index in [-0.39, 0.29) is 5.91 Å². The summed E-state index contributed by atoms with van der Waals surface area (Å²) in [5, 5.41) is 2.99. The normalized spacial score (nSPS) is 10.9. The topological polar surface area (TPSA) is 29.1 Å². The molecule has 0 fully saturated rings.